The van der Waals surface area contributed by atoms with Crippen molar-refractivity contribution in [3.8, 4) is 23.7 Å². The number of H-pyrrole nitrogens is 1. The maximum atomic E-state index is 13.0. The quantitative estimate of drug-likeness (QED) is 0.359. The predicted octanol–water partition coefficient (Wildman–Crippen LogP) is 3.49. The SMILES string of the molecule is CC(CF)NCC(Cc1nc[nH]c(=O)c1O)c1ccc(C#Cc2ccc(CN3CC(CC#N)C3)cc2)cc1. The van der Waals surface area contributed by atoms with Gasteiger partial charge in [-0.05, 0) is 48.2 Å². The van der Waals surface area contributed by atoms with Crippen molar-refractivity contribution in [3.63, 3.8) is 0 Å². The second-order valence-electron chi connectivity index (χ2n) is 9.88. The Labute approximate surface area is 222 Å². The van der Waals surface area contributed by atoms with Gasteiger partial charge in [-0.1, -0.05) is 36.1 Å². The van der Waals surface area contributed by atoms with E-state index in [0.717, 1.165) is 36.3 Å². The highest BCUT2D eigenvalue weighted by Gasteiger charge is 2.25. The van der Waals surface area contributed by atoms with Crippen LogP contribution in [-0.2, 0) is 13.0 Å². The maximum Gasteiger partial charge on any atom is 0.293 e. The lowest BCUT2D eigenvalue weighted by Crippen LogP contribution is -2.45. The Morgan fingerprint density at radius 3 is 2.45 bits per heavy atom. The summed E-state index contributed by atoms with van der Waals surface area (Å²) in [5, 5.41) is 22.1. The summed E-state index contributed by atoms with van der Waals surface area (Å²) in [4.78, 5) is 20.6. The zero-order chi connectivity index (χ0) is 26.9. The molecule has 1 aliphatic heterocycles. The maximum absolute atomic E-state index is 13.0. The Kier molecular flexibility index (Phi) is 9.26. The van der Waals surface area contributed by atoms with Gasteiger partial charge in [0.05, 0.1) is 18.1 Å². The molecule has 0 aliphatic carbocycles. The number of hydrogen-bond donors (Lipinski definition) is 3. The Morgan fingerprint density at radius 1 is 1.16 bits per heavy atom. The molecule has 4 rings (SSSR count). The number of nitriles is 1. The first kappa shape index (κ1) is 27.1. The highest BCUT2D eigenvalue weighted by atomic mass is 19.1. The number of likely N-dealkylation sites (tertiary alicyclic amines) is 1. The summed E-state index contributed by atoms with van der Waals surface area (Å²) in [6, 6.07) is 18.0. The number of benzene rings is 2. The minimum Gasteiger partial charge on any atom is -0.502 e. The van der Waals surface area contributed by atoms with Crippen LogP contribution in [0, 0.1) is 29.1 Å². The standard InChI is InChI=1S/C30H32FN5O2/c1-21(15-31)33-16-27(14-28-29(37)30(38)35-20-34-28)26-10-8-23(9-11-26)3-2-22-4-6-24(7-5-22)17-36-18-25(19-36)12-13-32/h4-11,20-21,25,27,33,37H,12,14-19H2,1H3,(H,34,35,38). The molecule has 3 N–H and O–H groups in total. The molecular weight excluding hydrogens is 481 g/mol. The van der Waals surface area contributed by atoms with Crippen molar-refractivity contribution < 1.29 is 9.50 Å². The van der Waals surface area contributed by atoms with Crippen LogP contribution in [0.3, 0.4) is 0 Å². The molecule has 2 unspecified atom stereocenters. The normalized spacial score (nSPS) is 15.1. The fourth-order valence-electron chi connectivity index (χ4n) is 4.52. The number of rotatable bonds is 10. The smallest absolute Gasteiger partial charge is 0.293 e. The molecule has 2 heterocycles. The Hall–Kier alpha value is -3.98. The van der Waals surface area contributed by atoms with E-state index < -0.39 is 18.0 Å². The fourth-order valence-corrected chi connectivity index (χ4v) is 4.52. The summed E-state index contributed by atoms with van der Waals surface area (Å²) in [5.74, 6) is 6.40. The van der Waals surface area contributed by atoms with Crippen LogP contribution in [0.5, 0.6) is 5.75 Å². The monoisotopic (exact) mass is 513 g/mol. The number of halogens is 1. The van der Waals surface area contributed by atoms with Gasteiger partial charge in [0.1, 0.15) is 6.67 Å². The van der Waals surface area contributed by atoms with Gasteiger partial charge in [0.15, 0.2) is 0 Å². The molecule has 0 amide bonds. The minimum absolute atomic E-state index is 0.125. The molecule has 0 saturated carbocycles. The average molecular weight is 514 g/mol. The van der Waals surface area contributed by atoms with E-state index >= 15 is 0 Å². The number of hydrogen-bond acceptors (Lipinski definition) is 6. The summed E-state index contributed by atoms with van der Waals surface area (Å²) in [5.41, 5.74) is 3.73. The Balaban J connectivity index is 1.40. The molecule has 2 atom stereocenters. The van der Waals surface area contributed by atoms with Gasteiger partial charge in [-0.15, -0.1) is 0 Å². The van der Waals surface area contributed by atoms with Crippen molar-refractivity contribution in [1.29, 1.82) is 5.26 Å². The van der Waals surface area contributed by atoms with Crippen LogP contribution in [0.1, 0.15) is 47.2 Å². The number of nitrogens with zero attached hydrogens (tertiary/aromatic N) is 3. The van der Waals surface area contributed by atoms with Gasteiger partial charge in [0.25, 0.3) is 5.56 Å². The molecular formula is C30H32FN5O2. The third-order valence-corrected chi connectivity index (χ3v) is 6.79. The highest BCUT2D eigenvalue weighted by molar-refractivity contribution is 5.44. The first-order valence-corrected chi connectivity index (χ1v) is 12.8. The van der Waals surface area contributed by atoms with E-state index in [4.69, 9.17) is 5.26 Å². The zero-order valence-electron chi connectivity index (χ0n) is 21.5. The van der Waals surface area contributed by atoms with Crippen LogP contribution >= 0.6 is 0 Å². The lowest BCUT2D eigenvalue weighted by atomic mass is 9.92. The number of aromatic nitrogens is 2. The van der Waals surface area contributed by atoms with E-state index in [9.17, 15) is 14.3 Å². The number of aromatic amines is 1. The molecule has 3 aromatic rings. The molecule has 8 heteroatoms. The molecule has 7 nitrogen and oxygen atoms in total. The van der Waals surface area contributed by atoms with Crippen LogP contribution < -0.4 is 10.9 Å². The molecule has 2 aromatic carbocycles. The van der Waals surface area contributed by atoms with Crippen molar-refractivity contribution in [2.24, 2.45) is 5.92 Å². The topological polar surface area (TPSA) is 105 Å². The molecule has 0 radical (unpaired) electrons. The van der Waals surface area contributed by atoms with Gasteiger partial charge < -0.3 is 15.4 Å². The van der Waals surface area contributed by atoms with Gasteiger partial charge >= 0.3 is 0 Å². The van der Waals surface area contributed by atoms with Crippen molar-refractivity contribution in [3.05, 3.63) is 93.2 Å². The van der Waals surface area contributed by atoms with E-state index in [1.807, 2.05) is 36.4 Å². The second kappa shape index (κ2) is 13.0. The highest BCUT2D eigenvalue weighted by Crippen LogP contribution is 2.23. The van der Waals surface area contributed by atoms with Crippen LogP contribution in [0.2, 0.25) is 0 Å². The second-order valence-corrected chi connectivity index (χ2v) is 9.88. The van der Waals surface area contributed by atoms with Crippen LogP contribution in [0.25, 0.3) is 0 Å². The van der Waals surface area contributed by atoms with E-state index in [1.165, 1.54) is 11.9 Å². The summed E-state index contributed by atoms with van der Waals surface area (Å²) in [6.45, 7) is 4.60. The van der Waals surface area contributed by atoms with Gasteiger partial charge in [-0.2, -0.15) is 5.26 Å². The van der Waals surface area contributed by atoms with Gasteiger partial charge in [-0.25, -0.2) is 9.37 Å². The molecule has 1 fully saturated rings. The zero-order valence-corrected chi connectivity index (χ0v) is 21.5. The molecule has 1 aliphatic rings. The van der Waals surface area contributed by atoms with Crippen molar-refractivity contribution in [2.75, 3.05) is 26.3 Å². The molecule has 0 bridgehead atoms. The van der Waals surface area contributed by atoms with Crippen molar-refractivity contribution >= 4 is 0 Å². The lowest BCUT2D eigenvalue weighted by Gasteiger charge is -2.38. The molecule has 1 saturated heterocycles. The van der Waals surface area contributed by atoms with Gasteiger partial charge in [0.2, 0.25) is 5.75 Å². The summed E-state index contributed by atoms with van der Waals surface area (Å²) in [7, 11) is 0. The first-order chi connectivity index (χ1) is 18.4. The van der Waals surface area contributed by atoms with Gasteiger partial charge in [-0.3, -0.25) is 9.69 Å². The van der Waals surface area contributed by atoms with Crippen molar-refractivity contribution in [2.45, 2.75) is 38.3 Å². The molecule has 1 aromatic heterocycles. The van der Waals surface area contributed by atoms with Gasteiger partial charge in [0, 0.05) is 62.1 Å². The number of nitrogens with one attached hydrogen (secondary N) is 2. The predicted molar refractivity (Wildman–Crippen MR) is 144 cm³/mol. The Morgan fingerprint density at radius 2 is 1.82 bits per heavy atom. The lowest BCUT2D eigenvalue weighted by molar-refractivity contribution is 0.0955. The molecule has 196 valence electrons. The third kappa shape index (κ3) is 7.29. The van der Waals surface area contributed by atoms with E-state index in [1.54, 1.807) is 6.92 Å². The van der Waals surface area contributed by atoms with Crippen molar-refractivity contribution in [1.82, 2.24) is 20.2 Å². The fraction of sp³-hybridized carbons (Fsp3) is 0.367. The largest absolute Gasteiger partial charge is 0.502 e. The van der Waals surface area contributed by atoms with Crippen LogP contribution in [-0.4, -0.2) is 52.3 Å². The molecule has 0 spiro atoms. The first-order valence-electron chi connectivity index (χ1n) is 12.8. The summed E-state index contributed by atoms with van der Waals surface area (Å²) >= 11 is 0. The summed E-state index contributed by atoms with van der Waals surface area (Å²) < 4.78 is 13.0. The summed E-state index contributed by atoms with van der Waals surface area (Å²) in [6.07, 6.45) is 2.24. The van der Waals surface area contributed by atoms with E-state index in [0.29, 0.717) is 31.0 Å². The number of alkyl halides is 1. The number of aromatic hydroxyl groups is 1. The Bertz CT molecular complexity index is 1360. The third-order valence-electron chi connectivity index (χ3n) is 6.79. The van der Waals surface area contributed by atoms with Crippen LogP contribution in [0.4, 0.5) is 4.39 Å². The van der Waals surface area contributed by atoms with Crippen LogP contribution in [0.15, 0.2) is 59.7 Å². The van der Waals surface area contributed by atoms with E-state index in [-0.39, 0.29) is 12.0 Å². The average Bonchev–Trinajstić information content (AvgIpc) is 2.92. The van der Waals surface area contributed by atoms with E-state index in [2.05, 4.69) is 50.2 Å². The molecule has 38 heavy (non-hydrogen) atoms. The minimum atomic E-state index is -0.581.